The van der Waals surface area contributed by atoms with Crippen molar-refractivity contribution in [3.63, 3.8) is 0 Å². The molecule has 0 aromatic carbocycles. The molecule has 1 rings (SSSR count). The second-order valence-corrected chi connectivity index (χ2v) is 3.00. The number of hydrogen-bond acceptors (Lipinski definition) is 4. The van der Waals surface area contributed by atoms with Crippen LogP contribution in [0.2, 0.25) is 0 Å². The maximum absolute atomic E-state index is 7.55. The molecule has 0 radical (unpaired) electrons. The largest absolute Gasteiger partial charge is 0.411 e. The number of thiocarbonyl (C=S) groups is 1. The molecule has 1 aromatic heterocycles. The standard InChI is InChI=1S/C9H11N3OS/c1-6-4-3-5-7(12-6)8(10)13-9(14)11-2/h3-5,10H,1-2H3,(H,11,14). The molecular weight excluding hydrogens is 198 g/mol. The lowest BCUT2D eigenvalue weighted by atomic mass is 10.3. The fourth-order valence-corrected chi connectivity index (χ4v) is 0.949. The molecule has 0 saturated carbocycles. The van der Waals surface area contributed by atoms with Gasteiger partial charge in [-0.25, -0.2) is 4.98 Å². The van der Waals surface area contributed by atoms with E-state index in [0.717, 1.165) is 5.69 Å². The molecule has 0 aliphatic rings. The molecule has 0 aliphatic heterocycles. The highest BCUT2D eigenvalue weighted by atomic mass is 32.1. The monoisotopic (exact) mass is 209 g/mol. The minimum atomic E-state index is -0.0481. The highest BCUT2D eigenvalue weighted by molar-refractivity contribution is 7.80. The van der Waals surface area contributed by atoms with Gasteiger partial charge in [0.1, 0.15) is 5.69 Å². The Morgan fingerprint density at radius 1 is 1.57 bits per heavy atom. The van der Waals surface area contributed by atoms with Gasteiger partial charge >= 0.3 is 0 Å². The molecule has 1 aromatic rings. The van der Waals surface area contributed by atoms with Gasteiger partial charge in [0.25, 0.3) is 5.17 Å². The Balaban J connectivity index is 2.75. The number of aryl methyl sites for hydroxylation is 1. The maximum Gasteiger partial charge on any atom is 0.263 e. The molecule has 0 fully saturated rings. The molecular formula is C9H11N3OS. The molecule has 0 amide bonds. The van der Waals surface area contributed by atoms with Crippen LogP contribution >= 0.6 is 12.2 Å². The molecule has 1 heterocycles. The topological polar surface area (TPSA) is 58.0 Å². The lowest BCUT2D eigenvalue weighted by molar-refractivity contribution is 0.529. The predicted octanol–water partition coefficient (Wildman–Crippen LogP) is 1.24. The quantitative estimate of drug-likeness (QED) is 0.415. The first-order chi connectivity index (χ1) is 6.63. The van der Waals surface area contributed by atoms with Gasteiger partial charge in [0.15, 0.2) is 0 Å². The van der Waals surface area contributed by atoms with Crippen molar-refractivity contribution in [1.82, 2.24) is 10.3 Å². The molecule has 14 heavy (non-hydrogen) atoms. The maximum atomic E-state index is 7.55. The van der Waals surface area contributed by atoms with Gasteiger partial charge in [-0.05, 0) is 31.3 Å². The Labute approximate surface area is 87.8 Å². The lowest BCUT2D eigenvalue weighted by Crippen LogP contribution is -2.23. The average Bonchev–Trinajstić information content (AvgIpc) is 2.17. The van der Waals surface area contributed by atoms with Crippen molar-refractivity contribution < 1.29 is 4.74 Å². The van der Waals surface area contributed by atoms with Gasteiger partial charge in [-0.2, -0.15) is 0 Å². The van der Waals surface area contributed by atoms with Crippen molar-refractivity contribution in [2.45, 2.75) is 6.92 Å². The zero-order valence-corrected chi connectivity index (χ0v) is 8.81. The normalized spacial score (nSPS) is 9.29. The van der Waals surface area contributed by atoms with Gasteiger partial charge in [-0.3, -0.25) is 5.41 Å². The van der Waals surface area contributed by atoms with Crippen LogP contribution in [0.5, 0.6) is 0 Å². The Hall–Kier alpha value is -1.49. The summed E-state index contributed by atoms with van der Waals surface area (Å²) in [7, 11) is 1.64. The summed E-state index contributed by atoms with van der Waals surface area (Å²) >= 11 is 4.76. The fraction of sp³-hybridized carbons (Fsp3) is 0.222. The zero-order valence-electron chi connectivity index (χ0n) is 8.00. The number of pyridine rings is 1. The van der Waals surface area contributed by atoms with Gasteiger partial charge in [0.2, 0.25) is 5.90 Å². The summed E-state index contributed by atoms with van der Waals surface area (Å²) in [6.45, 7) is 1.85. The summed E-state index contributed by atoms with van der Waals surface area (Å²) in [6, 6.07) is 5.37. The summed E-state index contributed by atoms with van der Waals surface area (Å²) in [5.41, 5.74) is 1.31. The van der Waals surface area contributed by atoms with Gasteiger partial charge in [0, 0.05) is 12.7 Å². The first-order valence-corrected chi connectivity index (χ1v) is 4.46. The van der Waals surface area contributed by atoms with Gasteiger partial charge in [-0.1, -0.05) is 6.07 Å². The van der Waals surface area contributed by atoms with E-state index in [2.05, 4.69) is 10.3 Å². The minimum absolute atomic E-state index is 0.0481. The summed E-state index contributed by atoms with van der Waals surface area (Å²) in [4.78, 5) is 4.12. The fourth-order valence-electron chi connectivity index (χ4n) is 0.866. The van der Waals surface area contributed by atoms with Crippen LogP contribution in [0.25, 0.3) is 0 Å². The highest BCUT2D eigenvalue weighted by Gasteiger charge is 2.06. The van der Waals surface area contributed by atoms with Gasteiger partial charge in [0.05, 0.1) is 0 Å². The number of hydrogen-bond donors (Lipinski definition) is 2. The van der Waals surface area contributed by atoms with Crippen LogP contribution in [0.3, 0.4) is 0 Å². The molecule has 0 unspecified atom stereocenters. The van der Waals surface area contributed by atoms with Crippen LogP contribution in [0.1, 0.15) is 11.4 Å². The summed E-state index contributed by atoms with van der Waals surface area (Å²) in [5, 5.41) is 10.3. The van der Waals surface area contributed by atoms with E-state index >= 15 is 0 Å². The first kappa shape index (κ1) is 10.6. The van der Waals surface area contributed by atoms with E-state index in [-0.39, 0.29) is 11.1 Å². The number of aromatic nitrogens is 1. The van der Waals surface area contributed by atoms with Crippen LogP contribution in [0.15, 0.2) is 18.2 Å². The first-order valence-electron chi connectivity index (χ1n) is 4.05. The van der Waals surface area contributed by atoms with E-state index in [0.29, 0.717) is 5.69 Å². The smallest absolute Gasteiger partial charge is 0.263 e. The van der Waals surface area contributed by atoms with Crippen LogP contribution in [-0.2, 0) is 4.74 Å². The summed E-state index contributed by atoms with van der Waals surface area (Å²) in [5.74, 6) is -0.0481. The second kappa shape index (κ2) is 4.66. The van der Waals surface area contributed by atoms with Crippen molar-refractivity contribution in [1.29, 1.82) is 5.41 Å². The molecule has 0 atom stereocenters. The predicted molar refractivity (Wildman–Crippen MR) is 58.5 cm³/mol. The van der Waals surface area contributed by atoms with E-state index in [1.54, 1.807) is 13.1 Å². The Kier molecular flexibility index (Phi) is 3.53. The summed E-state index contributed by atoms with van der Waals surface area (Å²) < 4.78 is 4.98. The van der Waals surface area contributed by atoms with Crippen LogP contribution in [0, 0.1) is 12.3 Å². The Morgan fingerprint density at radius 3 is 2.86 bits per heavy atom. The molecule has 0 aliphatic carbocycles. The minimum Gasteiger partial charge on any atom is -0.411 e. The van der Waals surface area contributed by atoms with E-state index in [1.807, 2.05) is 19.1 Å². The van der Waals surface area contributed by atoms with E-state index < -0.39 is 0 Å². The van der Waals surface area contributed by atoms with Gasteiger partial charge in [-0.15, -0.1) is 0 Å². The molecule has 5 heteroatoms. The van der Waals surface area contributed by atoms with Crippen LogP contribution in [0.4, 0.5) is 0 Å². The zero-order chi connectivity index (χ0) is 10.6. The number of nitrogens with zero attached hydrogens (tertiary/aromatic N) is 1. The summed E-state index contributed by atoms with van der Waals surface area (Å²) in [6.07, 6.45) is 0. The highest BCUT2D eigenvalue weighted by Crippen LogP contribution is 2.00. The average molecular weight is 209 g/mol. The van der Waals surface area contributed by atoms with Crippen LogP contribution in [-0.4, -0.2) is 23.1 Å². The Morgan fingerprint density at radius 2 is 2.29 bits per heavy atom. The molecule has 2 N–H and O–H groups in total. The van der Waals surface area contributed by atoms with Crippen molar-refractivity contribution in [3.8, 4) is 0 Å². The van der Waals surface area contributed by atoms with E-state index in [4.69, 9.17) is 22.4 Å². The van der Waals surface area contributed by atoms with Crippen molar-refractivity contribution in [2.24, 2.45) is 0 Å². The lowest BCUT2D eigenvalue weighted by Gasteiger charge is -2.06. The SMILES string of the molecule is CNC(=S)OC(=N)c1cccc(C)n1. The second-order valence-electron chi connectivity index (χ2n) is 2.63. The molecule has 0 spiro atoms. The van der Waals surface area contributed by atoms with Crippen molar-refractivity contribution >= 4 is 23.3 Å². The molecule has 74 valence electrons. The molecule has 0 bridgehead atoms. The van der Waals surface area contributed by atoms with E-state index in [1.165, 1.54) is 0 Å². The van der Waals surface area contributed by atoms with Crippen LogP contribution < -0.4 is 5.32 Å². The third-order valence-corrected chi connectivity index (χ3v) is 1.81. The number of rotatable bonds is 1. The molecule has 0 saturated heterocycles. The number of nitrogens with one attached hydrogen (secondary N) is 2. The third-order valence-electron chi connectivity index (χ3n) is 1.52. The molecule has 4 nitrogen and oxygen atoms in total. The number of ether oxygens (including phenoxy) is 1. The van der Waals surface area contributed by atoms with Gasteiger partial charge < -0.3 is 10.1 Å². The van der Waals surface area contributed by atoms with Crippen molar-refractivity contribution in [3.05, 3.63) is 29.6 Å². The Bertz CT molecular complexity index is 365. The van der Waals surface area contributed by atoms with E-state index in [9.17, 15) is 0 Å². The third kappa shape index (κ3) is 2.77. The van der Waals surface area contributed by atoms with Crippen molar-refractivity contribution in [2.75, 3.05) is 7.05 Å².